The van der Waals surface area contributed by atoms with Crippen LogP contribution in [0.15, 0.2) is 34.1 Å². The third-order valence-electron chi connectivity index (χ3n) is 3.67. The number of nitrogens with one attached hydrogen (secondary N) is 1. The van der Waals surface area contributed by atoms with Gasteiger partial charge in [-0.25, -0.2) is 14.2 Å². The van der Waals surface area contributed by atoms with Crippen molar-refractivity contribution in [2.45, 2.75) is 6.54 Å². The molecule has 0 spiro atoms. The highest BCUT2D eigenvalue weighted by molar-refractivity contribution is 5.96. The van der Waals surface area contributed by atoms with E-state index in [0.29, 0.717) is 5.75 Å². The number of ketones is 1. The van der Waals surface area contributed by atoms with E-state index in [1.807, 2.05) is 0 Å². The molecule has 0 fully saturated rings. The molecule has 2 aromatic heterocycles. The van der Waals surface area contributed by atoms with Crippen molar-refractivity contribution in [3.05, 3.63) is 56.7 Å². The molecule has 3 rings (SSSR count). The van der Waals surface area contributed by atoms with Crippen LogP contribution in [0.3, 0.4) is 0 Å². The van der Waals surface area contributed by atoms with Crippen LogP contribution in [0.4, 0.5) is 4.39 Å². The van der Waals surface area contributed by atoms with Gasteiger partial charge in [0.1, 0.15) is 11.6 Å². The molecule has 24 heavy (non-hydrogen) atoms. The number of aromatic amines is 1. The molecular weight excluding hydrogens is 319 g/mol. The fourth-order valence-corrected chi connectivity index (χ4v) is 2.39. The number of H-pyrrole nitrogens is 1. The summed E-state index contributed by atoms with van der Waals surface area (Å²) in [5.41, 5.74) is -1.18. The van der Waals surface area contributed by atoms with Crippen molar-refractivity contribution in [1.29, 1.82) is 0 Å². The first-order valence-electron chi connectivity index (χ1n) is 6.93. The van der Waals surface area contributed by atoms with Crippen molar-refractivity contribution in [3.63, 3.8) is 0 Å². The molecule has 1 N–H and O–H groups in total. The van der Waals surface area contributed by atoms with Crippen LogP contribution in [-0.2, 0) is 13.6 Å². The van der Waals surface area contributed by atoms with Crippen LogP contribution in [0.25, 0.3) is 11.2 Å². The maximum absolute atomic E-state index is 14.0. The summed E-state index contributed by atoms with van der Waals surface area (Å²) in [5.74, 6) is -0.962. The summed E-state index contributed by atoms with van der Waals surface area (Å²) >= 11 is 0. The Morgan fingerprint density at radius 3 is 2.79 bits per heavy atom. The lowest BCUT2D eigenvalue weighted by molar-refractivity contribution is 0.0969. The summed E-state index contributed by atoms with van der Waals surface area (Å²) in [5, 5.41) is 0. The van der Waals surface area contributed by atoms with E-state index in [1.54, 1.807) is 0 Å². The first-order valence-corrected chi connectivity index (χ1v) is 6.93. The number of Topliss-reactive ketones (excluding diaryl/α,β-unsaturated/α-hetero) is 1. The Morgan fingerprint density at radius 1 is 1.38 bits per heavy atom. The topological polar surface area (TPSA) is 99.0 Å². The molecule has 8 nitrogen and oxygen atoms in total. The van der Waals surface area contributed by atoms with Crippen LogP contribution in [0, 0.1) is 5.82 Å². The van der Waals surface area contributed by atoms with Gasteiger partial charge in [-0.3, -0.25) is 19.1 Å². The molecule has 0 unspecified atom stereocenters. The second-order valence-electron chi connectivity index (χ2n) is 5.13. The monoisotopic (exact) mass is 332 g/mol. The predicted octanol–water partition coefficient (Wildman–Crippen LogP) is 0.454. The van der Waals surface area contributed by atoms with Gasteiger partial charge in [0.15, 0.2) is 16.9 Å². The molecule has 124 valence electrons. The second kappa shape index (κ2) is 5.76. The minimum absolute atomic E-state index is 0.0689. The number of carbonyl (C=O) groups excluding carboxylic acids is 1. The largest absolute Gasteiger partial charge is 0.497 e. The Bertz CT molecular complexity index is 1060. The molecule has 1 aromatic carbocycles. The van der Waals surface area contributed by atoms with Gasteiger partial charge in [0.05, 0.1) is 25.5 Å². The van der Waals surface area contributed by atoms with E-state index in [9.17, 15) is 18.8 Å². The molecule has 0 amide bonds. The highest BCUT2D eigenvalue weighted by Gasteiger charge is 2.17. The average molecular weight is 332 g/mol. The number of methoxy groups -OCH3 is 1. The van der Waals surface area contributed by atoms with Gasteiger partial charge in [-0.1, -0.05) is 0 Å². The van der Waals surface area contributed by atoms with Gasteiger partial charge >= 0.3 is 5.69 Å². The number of rotatable bonds is 4. The third kappa shape index (κ3) is 2.49. The first-order chi connectivity index (χ1) is 11.4. The number of imidazole rings is 1. The Labute approximate surface area is 134 Å². The normalized spacial score (nSPS) is 11.0. The fourth-order valence-electron chi connectivity index (χ4n) is 2.39. The molecule has 9 heteroatoms. The average Bonchev–Trinajstić information content (AvgIpc) is 2.96. The van der Waals surface area contributed by atoms with Crippen molar-refractivity contribution in [2.75, 3.05) is 7.11 Å². The number of carbonyl (C=O) groups is 1. The van der Waals surface area contributed by atoms with E-state index < -0.39 is 22.8 Å². The number of hydrogen-bond acceptors (Lipinski definition) is 5. The third-order valence-corrected chi connectivity index (χ3v) is 3.67. The Morgan fingerprint density at radius 2 is 2.12 bits per heavy atom. The molecular formula is C15H13FN4O4. The van der Waals surface area contributed by atoms with Gasteiger partial charge in [0.2, 0.25) is 0 Å². The van der Waals surface area contributed by atoms with Crippen LogP contribution in [0.2, 0.25) is 0 Å². The summed E-state index contributed by atoms with van der Waals surface area (Å²) < 4.78 is 21.3. The number of benzene rings is 1. The summed E-state index contributed by atoms with van der Waals surface area (Å²) in [7, 11) is 2.84. The maximum atomic E-state index is 14.0. The molecule has 0 atom stereocenters. The number of hydrogen-bond donors (Lipinski definition) is 1. The Hall–Kier alpha value is -3.23. The van der Waals surface area contributed by atoms with Gasteiger partial charge in [-0.15, -0.1) is 0 Å². The van der Waals surface area contributed by atoms with Crippen molar-refractivity contribution < 1.29 is 13.9 Å². The lowest BCUT2D eigenvalue weighted by atomic mass is 10.1. The Kier molecular flexibility index (Phi) is 3.76. The van der Waals surface area contributed by atoms with Crippen LogP contribution in [0.5, 0.6) is 5.75 Å². The summed E-state index contributed by atoms with van der Waals surface area (Å²) in [6.45, 7) is -0.291. The zero-order valence-corrected chi connectivity index (χ0v) is 12.9. The number of halogens is 1. The number of aryl methyl sites for hydroxylation is 1. The van der Waals surface area contributed by atoms with E-state index in [-0.39, 0.29) is 23.3 Å². The number of nitrogens with zero attached hydrogens (tertiary/aromatic N) is 3. The molecule has 0 aliphatic heterocycles. The molecule has 0 radical (unpaired) electrons. The van der Waals surface area contributed by atoms with E-state index in [0.717, 1.165) is 10.6 Å². The molecule has 0 bridgehead atoms. The van der Waals surface area contributed by atoms with Gasteiger partial charge in [0, 0.05) is 13.1 Å². The molecule has 3 aromatic rings. The number of ether oxygens (including phenoxy) is 1. The SMILES string of the molecule is COc1ccc(C(=O)Cn2cnc3c2c(=O)[nH]c(=O)n3C)c(F)c1. The fraction of sp³-hybridized carbons (Fsp3) is 0.200. The maximum Gasteiger partial charge on any atom is 0.329 e. The zero-order valence-electron chi connectivity index (χ0n) is 12.9. The van der Waals surface area contributed by atoms with E-state index in [1.165, 1.54) is 37.2 Å². The summed E-state index contributed by atoms with van der Waals surface area (Å²) in [4.78, 5) is 42.0. The standard InChI is InChI=1S/C15H13FN4O4/c1-19-13-12(14(22)18-15(19)23)20(7-17-13)6-11(21)9-4-3-8(24-2)5-10(9)16/h3-5,7H,6H2,1-2H3,(H,18,22,23). The number of fused-ring (bicyclic) bond motifs is 1. The minimum atomic E-state index is -0.718. The van der Waals surface area contributed by atoms with Crippen molar-refractivity contribution in [1.82, 2.24) is 19.1 Å². The number of aromatic nitrogens is 4. The van der Waals surface area contributed by atoms with Gasteiger partial charge in [0.25, 0.3) is 5.56 Å². The minimum Gasteiger partial charge on any atom is -0.497 e. The molecule has 0 saturated heterocycles. The van der Waals surface area contributed by atoms with Crippen molar-refractivity contribution >= 4 is 16.9 Å². The molecule has 2 heterocycles. The van der Waals surface area contributed by atoms with Gasteiger partial charge in [-0.05, 0) is 12.1 Å². The van der Waals surface area contributed by atoms with Crippen LogP contribution in [-0.4, -0.2) is 32.0 Å². The van der Waals surface area contributed by atoms with Crippen molar-refractivity contribution in [3.8, 4) is 5.75 Å². The van der Waals surface area contributed by atoms with Crippen LogP contribution in [0.1, 0.15) is 10.4 Å². The molecule has 0 aliphatic rings. The molecule has 0 saturated carbocycles. The van der Waals surface area contributed by atoms with E-state index in [4.69, 9.17) is 4.74 Å². The predicted molar refractivity (Wildman–Crippen MR) is 82.9 cm³/mol. The van der Waals surface area contributed by atoms with Crippen LogP contribution >= 0.6 is 0 Å². The van der Waals surface area contributed by atoms with Gasteiger partial charge < -0.3 is 9.30 Å². The van der Waals surface area contributed by atoms with E-state index in [2.05, 4.69) is 9.97 Å². The van der Waals surface area contributed by atoms with E-state index >= 15 is 0 Å². The molecule has 0 aliphatic carbocycles. The summed E-state index contributed by atoms with van der Waals surface area (Å²) in [6, 6.07) is 3.89. The van der Waals surface area contributed by atoms with Crippen molar-refractivity contribution in [2.24, 2.45) is 7.05 Å². The lowest BCUT2D eigenvalue weighted by Crippen LogP contribution is -2.29. The Balaban J connectivity index is 2.02. The van der Waals surface area contributed by atoms with Gasteiger partial charge in [-0.2, -0.15) is 0 Å². The van der Waals surface area contributed by atoms with Crippen LogP contribution < -0.4 is 16.0 Å². The summed E-state index contributed by atoms with van der Waals surface area (Å²) in [6.07, 6.45) is 1.26. The lowest BCUT2D eigenvalue weighted by Gasteiger charge is -2.06. The quantitative estimate of drug-likeness (QED) is 0.700. The first kappa shape index (κ1) is 15.7. The zero-order chi connectivity index (χ0) is 17.4. The highest BCUT2D eigenvalue weighted by atomic mass is 19.1. The highest BCUT2D eigenvalue weighted by Crippen LogP contribution is 2.17. The smallest absolute Gasteiger partial charge is 0.329 e. The second-order valence-corrected chi connectivity index (χ2v) is 5.13.